The van der Waals surface area contributed by atoms with Gasteiger partial charge in [0.1, 0.15) is 0 Å². The van der Waals surface area contributed by atoms with Gasteiger partial charge in [0.05, 0.1) is 0 Å². The number of nitrogens with one attached hydrogen (secondary N) is 1. The van der Waals surface area contributed by atoms with Crippen LogP contribution in [0.5, 0.6) is 0 Å². The van der Waals surface area contributed by atoms with Gasteiger partial charge in [-0.3, -0.25) is 4.79 Å². The Morgan fingerprint density at radius 2 is 1.58 bits per heavy atom. The van der Waals surface area contributed by atoms with Crippen molar-refractivity contribution in [1.82, 2.24) is 0 Å². The third-order valence-electron chi connectivity index (χ3n) is 3.90. The number of anilines is 1. The molecule has 0 spiro atoms. The van der Waals surface area contributed by atoms with Gasteiger partial charge >= 0.3 is 0 Å². The minimum atomic E-state index is -0.112. The molecule has 0 fully saturated rings. The Hall–Kier alpha value is -2.35. The number of amides is 1. The lowest BCUT2D eigenvalue weighted by molar-refractivity contribution is -0.111. The van der Waals surface area contributed by atoms with Crippen LogP contribution in [-0.2, 0) is 11.2 Å². The van der Waals surface area contributed by atoms with Crippen LogP contribution in [0.25, 0.3) is 6.08 Å². The highest BCUT2D eigenvalue weighted by molar-refractivity contribution is 6.01. The van der Waals surface area contributed by atoms with E-state index in [0.29, 0.717) is 11.8 Å². The molecule has 0 aromatic heterocycles. The molecule has 0 aliphatic heterocycles. The Balaban J connectivity index is 1.92. The SMILES string of the molecule is CC(C)Cc1ccc(/C=C/C(=O)Nc2ccc(C(C)C)cc2)cc1. The van der Waals surface area contributed by atoms with Gasteiger partial charge < -0.3 is 5.32 Å². The van der Waals surface area contributed by atoms with Crippen LogP contribution in [0, 0.1) is 5.92 Å². The van der Waals surface area contributed by atoms with Gasteiger partial charge in [0.25, 0.3) is 0 Å². The van der Waals surface area contributed by atoms with Gasteiger partial charge in [-0.2, -0.15) is 0 Å². The van der Waals surface area contributed by atoms with E-state index in [2.05, 4.69) is 69.4 Å². The van der Waals surface area contributed by atoms with Crippen molar-refractivity contribution in [2.45, 2.75) is 40.0 Å². The van der Waals surface area contributed by atoms with Crippen molar-refractivity contribution in [2.24, 2.45) is 5.92 Å². The summed E-state index contributed by atoms with van der Waals surface area (Å²) in [4.78, 5) is 12.0. The second kappa shape index (κ2) is 8.49. The lowest BCUT2D eigenvalue weighted by atomic mass is 10.0. The molecule has 2 nitrogen and oxygen atoms in total. The number of benzene rings is 2. The quantitative estimate of drug-likeness (QED) is 0.683. The third-order valence-corrected chi connectivity index (χ3v) is 3.90. The maximum atomic E-state index is 12.0. The van der Waals surface area contributed by atoms with E-state index in [0.717, 1.165) is 17.7 Å². The van der Waals surface area contributed by atoms with Crippen LogP contribution < -0.4 is 5.32 Å². The predicted molar refractivity (Wildman–Crippen MR) is 103 cm³/mol. The fourth-order valence-corrected chi connectivity index (χ4v) is 2.54. The largest absolute Gasteiger partial charge is 0.323 e. The molecule has 126 valence electrons. The molecule has 0 radical (unpaired) electrons. The molecule has 0 saturated heterocycles. The van der Waals surface area contributed by atoms with Crippen molar-refractivity contribution in [2.75, 3.05) is 5.32 Å². The maximum absolute atomic E-state index is 12.0. The van der Waals surface area contributed by atoms with Gasteiger partial charge in [0.15, 0.2) is 0 Å². The molecule has 2 aromatic rings. The number of carbonyl (C=O) groups is 1. The van der Waals surface area contributed by atoms with Crippen LogP contribution in [0.15, 0.2) is 54.6 Å². The fraction of sp³-hybridized carbons (Fsp3) is 0.318. The molecule has 0 aliphatic carbocycles. The summed E-state index contributed by atoms with van der Waals surface area (Å²) in [6, 6.07) is 16.4. The molecule has 1 N–H and O–H groups in total. The highest BCUT2D eigenvalue weighted by atomic mass is 16.1. The van der Waals surface area contributed by atoms with Crippen LogP contribution in [0.1, 0.15) is 50.3 Å². The van der Waals surface area contributed by atoms with Crippen molar-refractivity contribution >= 4 is 17.7 Å². The van der Waals surface area contributed by atoms with E-state index in [-0.39, 0.29) is 5.91 Å². The summed E-state index contributed by atoms with van der Waals surface area (Å²) in [7, 11) is 0. The van der Waals surface area contributed by atoms with E-state index in [9.17, 15) is 4.79 Å². The van der Waals surface area contributed by atoms with Gasteiger partial charge in [-0.15, -0.1) is 0 Å². The molecule has 2 aromatic carbocycles. The summed E-state index contributed by atoms with van der Waals surface area (Å²) in [5.74, 6) is 1.03. The standard InChI is InChI=1S/C22H27NO/c1-16(2)15-19-7-5-18(6-8-19)9-14-22(24)23-21-12-10-20(11-13-21)17(3)4/h5-14,16-17H,15H2,1-4H3,(H,23,24)/b14-9+. The average Bonchev–Trinajstić information content (AvgIpc) is 2.54. The number of hydrogen-bond acceptors (Lipinski definition) is 1. The Morgan fingerprint density at radius 1 is 0.958 bits per heavy atom. The molecule has 0 bridgehead atoms. The van der Waals surface area contributed by atoms with Crippen molar-refractivity contribution in [3.63, 3.8) is 0 Å². The molecular formula is C22H27NO. The summed E-state index contributed by atoms with van der Waals surface area (Å²) >= 11 is 0. The van der Waals surface area contributed by atoms with E-state index in [4.69, 9.17) is 0 Å². The first kappa shape index (κ1) is 18.0. The normalized spacial score (nSPS) is 11.4. The highest BCUT2D eigenvalue weighted by Crippen LogP contribution is 2.17. The van der Waals surface area contributed by atoms with E-state index in [1.165, 1.54) is 11.1 Å². The second-order valence-corrected chi connectivity index (χ2v) is 6.94. The predicted octanol–water partition coefficient (Wildman–Crippen LogP) is 5.66. The lowest BCUT2D eigenvalue weighted by Crippen LogP contribution is -2.07. The Bertz CT molecular complexity index is 679. The average molecular weight is 321 g/mol. The van der Waals surface area contributed by atoms with E-state index in [1.807, 2.05) is 18.2 Å². The Morgan fingerprint density at radius 3 is 2.12 bits per heavy atom. The van der Waals surface area contributed by atoms with Crippen molar-refractivity contribution in [3.8, 4) is 0 Å². The van der Waals surface area contributed by atoms with Crippen molar-refractivity contribution in [1.29, 1.82) is 0 Å². The van der Waals surface area contributed by atoms with E-state index < -0.39 is 0 Å². The van der Waals surface area contributed by atoms with Gasteiger partial charge in [-0.25, -0.2) is 0 Å². The van der Waals surface area contributed by atoms with Gasteiger partial charge in [-0.1, -0.05) is 64.1 Å². The number of carbonyl (C=O) groups excluding carboxylic acids is 1. The minimum Gasteiger partial charge on any atom is -0.323 e. The van der Waals surface area contributed by atoms with Crippen LogP contribution in [0.2, 0.25) is 0 Å². The zero-order chi connectivity index (χ0) is 17.5. The van der Waals surface area contributed by atoms with Crippen LogP contribution >= 0.6 is 0 Å². The molecule has 0 atom stereocenters. The third kappa shape index (κ3) is 5.69. The molecule has 2 rings (SSSR count). The molecule has 0 unspecified atom stereocenters. The number of hydrogen-bond donors (Lipinski definition) is 1. The maximum Gasteiger partial charge on any atom is 0.248 e. The van der Waals surface area contributed by atoms with Gasteiger partial charge in [0, 0.05) is 11.8 Å². The zero-order valence-electron chi connectivity index (χ0n) is 15.0. The summed E-state index contributed by atoms with van der Waals surface area (Å²) in [6.07, 6.45) is 4.50. The van der Waals surface area contributed by atoms with E-state index >= 15 is 0 Å². The molecule has 0 saturated carbocycles. The fourth-order valence-electron chi connectivity index (χ4n) is 2.54. The first-order valence-corrected chi connectivity index (χ1v) is 8.62. The summed E-state index contributed by atoms with van der Waals surface area (Å²) in [5.41, 5.74) is 4.45. The summed E-state index contributed by atoms with van der Waals surface area (Å²) in [6.45, 7) is 8.74. The molecule has 0 aliphatic rings. The van der Waals surface area contributed by atoms with Gasteiger partial charge in [0.2, 0.25) is 5.91 Å². The van der Waals surface area contributed by atoms with Crippen molar-refractivity contribution < 1.29 is 4.79 Å². The second-order valence-electron chi connectivity index (χ2n) is 6.94. The van der Waals surface area contributed by atoms with Crippen LogP contribution in [0.4, 0.5) is 5.69 Å². The summed E-state index contributed by atoms with van der Waals surface area (Å²) < 4.78 is 0. The van der Waals surface area contributed by atoms with E-state index in [1.54, 1.807) is 6.08 Å². The minimum absolute atomic E-state index is 0.112. The molecule has 1 amide bonds. The highest BCUT2D eigenvalue weighted by Gasteiger charge is 2.01. The molecular weight excluding hydrogens is 294 g/mol. The lowest BCUT2D eigenvalue weighted by Gasteiger charge is -2.07. The topological polar surface area (TPSA) is 29.1 Å². The first-order chi connectivity index (χ1) is 11.4. The molecule has 2 heteroatoms. The molecule has 0 heterocycles. The monoisotopic (exact) mass is 321 g/mol. The summed E-state index contributed by atoms with van der Waals surface area (Å²) in [5, 5.41) is 2.89. The van der Waals surface area contributed by atoms with Crippen molar-refractivity contribution in [3.05, 3.63) is 71.3 Å². The Kier molecular flexibility index (Phi) is 6.36. The first-order valence-electron chi connectivity index (χ1n) is 8.62. The van der Waals surface area contributed by atoms with Crippen LogP contribution in [0.3, 0.4) is 0 Å². The molecule has 24 heavy (non-hydrogen) atoms. The smallest absolute Gasteiger partial charge is 0.248 e. The number of rotatable bonds is 6. The Labute approximate surface area is 145 Å². The van der Waals surface area contributed by atoms with Crippen LogP contribution in [-0.4, -0.2) is 5.91 Å². The zero-order valence-corrected chi connectivity index (χ0v) is 15.0. The van der Waals surface area contributed by atoms with Gasteiger partial charge in [-0.05, 0) is 53.2 Å².